The van der Waals surface area contributed by atoms with E-state index < -0.39 is 5.97 Å². The predicted octanol–water partition coefficient (Wildman–Crippen LogP) is 2.63. The number of carboxylic acids is 1. The lowest BCUT2D eigenvalue weighted by Gasteiger charge is -2.42. The van der Waals surface area contributed by atoms with Crippen LogP contribution < -0.4 is 0 Å². The largest absolute Gasteiger partial charge is 0.478 e. The number of nitrogens with zero attached hydrogens (tertiary/aromatic N) is 3. The van der Waals surface area contributed by atoms with E-state index in [1.165, 1.54) is 0 Å². The average Bonchev–Trinajstić information content (AvgIpc) is 2.78. The number of carbonyl (C=O) groups is 2. The normalized spacial score (nSPS) is 16.6. The lowest BCUT2D eigenvalue weighted by molar-refractivity contribution is -0.131. The molecule has 2 aliphatic rings. The molecule has 2 aliphatic heterocycles. The van der Waals surface area contributed by atoms with Crippen LogP contribution in [0.4, 0.5) is 0 Å². The summed E-state index contributed by atoms with van der Waals surface area (Å²) in [5.74, 6) is 5.51. The van der Waals surface area contributed by atoms with Gasteiger partial charge in [0.15, 0.2) is 0 Å². The Kier molecular flexibility index (Phi) is 6.06. The van der Waals surface area contributed by atoms with Crippen molar-refractivity contribution < 1.29 is 14.7 Å². The second-order valence-electron chi connectivity index (χ2n) is 7.90. The lowest BCUT2D eigenvalue weighted by Crippen LogP contribution is -2.50. The quantitative estimate of drug-likeness (QED) is 0.778. The average molecular weight is 415 g/mol. The van der Waals surface area contributed by atoms with E-state index in [1.807, 2.05) is 42.3 Å². The minimum atomic E-state index is -0.951. The Morgan fingerprint density at radius 1 is 1.10 bits per heavy atom. The summed E-state index contributed by atoms with van der Waals surface area (Å²) < 4.78 is 0. The third-order valence-electron chi connectivity index (χ3n) is 5.67. The Hall–Kier alpha value is -3.56. The van der Waals surface area contributed by atoms with Crippen molar-refractivity contribution in [2.75, 3.05) is 33.4 Å². The summed E-state index contributed by atoms with van der Waals surface area (Å²) in [6, 6.07) is 16.6. The fourth-order valence-corrected chi connectivity index (χ4v) is 4.02. The molecule has 6 heteroatoms. The second-order valence-corrected chi connectivity index (χ2v) is 7.90. The van der Waals surface area contributed by atoms with Crippen molar-refractivity contribution in [3.8, 4) is 11.8 Å². The van der Waals surface area contributed by atoms with E-state index in [9.17, 15) is 9.59 Å². The lowest BCUT2D eigenvalue weighted by atomic mass is 10.0. The molecule has 158 valence electrons. The zero-order valence-corrected chi connectivity index (χ0v) is 17.5. The highest BCUT2D eigenvalue weighted by atomic mass is 16.4. The van der Waals surface area contributed by atoms with Gasteiger partial charge in [-0.15, -0.1) is 0 Å². The van der Waals surface area contributed by atoms with Crippen molar-refractivity contribution in [3.63, 3.8) is 0 Å². The maximum Gasteiger partial charge on any atom is 0.335 e. The maximum atomic E-state index is 13.2. The molecule has 2 aromatic rings. The highest BCUT2D eigenvalue weighted by Crippen LogP contribution is 2.27. The first kappa shape index (κ1) is 20.7. The number of rotatable bonds is 4. The highest BCUT2D eigenvalue weighted by Gasteiger charge is 2.33. The van der Waals surface area contributed by atoms with Gasteiger partial charge in [-0.2, -0.15) is 0 Å². The Morgan fingerprint density at radius 2 is 1.84 bits per heavy atom. The van der Waals surface area contributed by atoms with Gasteiger partial charge in [-0.05, 0) is 29.8 Å². The van der Waals surface area contributed by atoms with Gasteiger partial charge >= 0.3 is 5.97 Å². The van der Waals surface area contributed by atoms with Crippen molar-refractivity contribution >= 4 is 11.9 Å². The molecule has 1 amide bonds. The number of carboxylic acid groups (broad SMARTS) is 1. The fourth-order valence-electron chi connectivity index (χ4n) is 4.02. The number of hydrogen-bond acceptors (Lipinski definition) is 4. The fraction of sp³-hybridized carbons (Fsp3) is 0.280. The van der Waals surface area contributed by atoms with Gasteiger partial charge in [0, 0.05) is 44.4 Å². The predicted molar refractivity (Wildman–Crippen MR) is 118 cm³/mol. The summed E-state index contributed by atoms with van der Waals surface area (Å²) in [6.07, 6.45) is 0.839. The van der Waals surface area contributed by atoms with Crippen LogP contribution in [0.3, 0.4) is 0 Å². The molecule has 4 rings (SSSR count). The van der Waals surface area contributed by atoms with Gasteiger partial charge in [0.05, 0.1) is 24.4 Å². The molecule has 6 nitrogen and oxygen atoms in total. The van der Waals surface area contributed by atoms with Crippen molar-refractivity contribution in [1.82, 2.24) is 14.7 Å². The smallest absolute Gasteiger partial charge is 0.335 e. The third-order valence-corrected chi connectivity index (χ3v) is 5.67. The van der Waals surface area contributed by atoms with Crippen LogP contribution in [0.25, 0.3) is 0 Å². The first-order chi connectivity index (χ1) is 15.0. The van der Waals surface area contributed by atoms with Crippen molar-refractivity contribution in [3.05, 3.63) is 82.6 Å². The number of aromatic carboxylic acids is 1. The van der Waals surface area contributed by atoms with Crippen LogP contribution in [0.15, 0.2) is 65.9 Å². The molecular formula is C25H25N3O3. The van der Waals surface area contributed by atoms with Crippen molar-refractivity contribution in [1.29, 1.82) is 0 Å². The molecule has 0 saturated heterocycles. The molecule has 0 unspecified atom stereocenters. The Morgan fingerprint density at radius 3 is 2.55 bits per heavy atom. The van der Waals surface area contributed by atoms with Gasteiger partial charge in [-0.1, -0.05) is 42.2 Å². The van der Waals surface area contributed by atoms with Crippen LogP contribution in [0.5, 0.6) is 0 Å². The topological polar surface area (TPSA) is 64.1 Å². The standard InChI is InChI=1S/C25H25N3O3/c1-26-18-28(16-20-9-11-21(12-10-20)25(30)31)24(29)22-17-27(15-13-23(22)26)14-5-8-19-6-3-2-4-7-19/h2-4,6-7,9-12H,13-18H2,1H3,(H,30,31). The first-order valence-electron chi connectivity index (χ1n) is 10.3. The van der Waals surface area contributed by atoms with Crippen molar-refractivity contribution in [2.45, 2.75) is 13.0 Å². The summed E-state index contributed by atoms with van der Waals surface area (Å²) in [6.45, 7) is 3.09. The molecule has 1 N–H and O–H groups in total. The van der Waals surface area contributed by atoms with Gasteiger partial charge in [-0.25, -0.2) is 4.79 Å². The summed E-state index contributed by atoms with van der Waals surface area (Å²) in [4.78, 5) is 30.4. The van der Waals surface area contributed by atoms with E-state index >= 15 is 0 Å². The van der Waals surface area contributed by atoms with E-state index in [4.69, 9.17) is 5.11 Å². The molecular weight excluding hydrogens is 390 g/mol. The minimum absolute atomic E-state index is 0.0520. The van der Waals surface area contributed by atoms with Crippen LogP contribution >= 0.6 is 0 Å². The van der Waals surface area contributed by atoms with Gasteiger partial charge in [0.1, 0.15) is 0 Å². The Balaban J connectivity index is 1.43. The molecule has 0 aliphatic carbocycles. The number of hydrogen-bond donors (Lipinski definition) is 1. The van der Waals surface area contributed by atoms with Gasteiger partial charge in [0.25, 0.3) is 5.91 Å². The van der Waals surface area contributed by atoms with E-state index in [-0.39, 0.29) is 11.5 Å². The van der Waals surface area contributed by atoms with E-state index in [2.05, 4.69) is 21.6 Å². The molecule has 0 radical (unpaired) electrons. The van der Waals surface area contributed by atoms with Gasteiger partial charge < -0.3 is 14.9 Å². The summed E-state index contributed by atoms with van der Waals surface area (Å²) in [5, 5.41) is 9.06. The molecule has 0 fully saturated rings. The zero-order chi connectivity index (χ0) is 21.8. The number of carbonyl (C=O) groups excluding carboxylic acids is 1. The van der Waals surface area contributed by atoms with Crippen molar-refractivity contribution in [2.24, 2.45) is 0 Å². The molecule has 0 atom stereocenters. The van der Waals surface area contributed by atoms with E-state index in [0.29, 0.717) is 26.3 Å². The Labute approximate surface area is 182 Å². The van der Waals surface area contributed by atoms with E-state index in [0.717, 1.165) is 35.4 Å². The second kappa shape index (κ2) is 9.07. The summed E-state index contributed by atoms with van der Waals surface area (Å²) >= 11 is 0. The molecule has 0 aromatic heterocycles. The summed E-state index contributed by atoms with van der Waals surface area (Å²) in [7, 11) is 2.02. The van der Waals surface area contributed by atoms with Crippen LogP contribution in [0.1, 0.15) is 27.9 Å². The zero-order valence-electron chi connectivity index (χ0n) is 17.5. The van der Waals surface area contributed by atoms with Gasteiger partial charge in [0.2, 0.25) is 0 Å². The monoisotopic (exact) mass is 415 g/mol. The van der Waals surface area contributed by atoms with E-state index in [1.54, 1.807) is 24.3 Å². The SMILES string of the molecule is CN1CN(Cc2ccc(C(=O)O)cc2)C(=O)C2=C1CCN(CC#Cc1ccccc1)C2. The molecule has 31 heavy (non-hydrogen) atoms. The number of benzene rings is 2. The van der Waals surface area contributed by atoms with Crippen LogP contribution in [0, 0.1) is 11.8 Å². The Bertz CT molecular complexity index is 1060. The summed E-state index contributed by atoms with van der Waals surface area (Å²) in [5.41, 5.74) is 4.11. The maximum absolute atomic E-state index is 13.2. The molecule has 0 bridgehead atoms. The molecule has 0 spiro atoms. The van der Waals surface area contributed by atoms with Crippen LogP contribution in [-0.2, 0) is 11.3 Å². The molecule has 2 heterocycles. The third kappa shape index (κ3) is 4.79. The molecule has 0 saturated carbocycles. The minimum Gasteiger partial charge on any atom is -0.478 e. The van der Waals surface area contributed by atoms with Crippen LogP contribution in [0.2, 0.25) is 0 Å². The molecule has 2 aromatic carbocycles. The highest BCUT2D eigenvalue weighted by molar-refractivity contribution is 5.95. The first-order valence-corrected chi connectivity index (χ1v) is 10.3. The van der Waals surface area contributed by atoms with Crippen LogP contribution in [-0.4, -0.2) is 65.0 Å². The number of amides is 1. The van der Waals surface area contributed by atoms with Gasteiger partial charge in [-0.3, -0.25) is 9.69 Å².